The number of anilines is 1. The molecule has 0 aromatic carbocycles. The van der Waals surface area contributed by atoms with Crippen molar-refractivity contribution < 1.29 is 9.90 Å². The monoisotopic (exact) mass is 248 g/mol. The van der Waals surface area contributed by atoms with E-state index in [-0.39, 0.29) is 12.0 Å². The number of carbonyl (C=O) groups is 1. The second kappa shape index (κ2) is 4.69. The number of hydrogen-bond donors (Lipinski definition) is 2. The number of hydrogen-bond acceptors (Lipinski definition) is 4. The van der Waals surface area contributed by atoms with Gasteiger partial charge in [-0.05, 0) is 26.2 Å². The molecule has 1 aromatic heterocycles. The zero-order chi connectivity index (χ0) is 13.3. The Bertz CT molecular complexity index is 515. The molecule has 6 heteroatoms. The van der Waals surface area contributed by atoms with E-state index in [0.29, 0.717) is 29.9 Å². The lowest BCUT2D eigenvalue weighted by Crippen LogP contribution is -2.20. The topological polar surface area (TPSA) is 90.9 Å². The summed E-state index contributed by atoms with van der Waals surface area (Å²) in [5.74, 6) is -0.325. The molecule has 96 valence electrons. The van der Waals surface area contributed by atoms with Crippen molar-refractivity contribution in [3.63, 3.8) is 0 Å². The normalized spacial score (nSPS) is 22.7. The molecule has 18 heavy (non-hydrogen) atoms. The fraction of sp³-hybridized carbons (Fsp3) is 0.583. The van der Waals surface area contributed by atoms with Gasteiger partial charge in [0.1, 0.15) is 17.5 Å². The van der Waals surface area contributed by atoms with Crippen LogP contribution in [0.1, 0.15) is 30.5 Å². The lowest BCUT2D eigenvalue weighted by molar-refractivity contribution is -0.141. The first-order chi connectivity index (χ1) is 8.52. The molecule has 2 N–H and O–H groups in total. The predicted molar refractivity (Wildman–Crippen MR) is 65.0 cm³/mol. The van der Waals surface area contributed by atoms with Crippen LogP contribution in [0.2, 0.25) is 0 Å². The van der Waals surface area contributed by atoms with Gasteiger partial charge in [-0.15, -0.1) is 0 Å². The van der Waals surface area contributed by atoms with E-state index in [1.54, 1.807) is 18.7 Å². The molecular formula is C12H16N4O2. The summed E-state index contributed by atoms with van der Waals surface area (Å²) in [6, 6.07) is 2.24. The number of aliphatic carboxylic acids is 1. The van der Waals surface area contributed by atoms with Crippen LogP contribution in [0.5, 0.6) is 0 Å². The minimum Gasteiger partial charge on any atom is -0.481 e. The number of nitrogens with one attached hydrogen (secondary N) is 1. The van der Waals surface area contributed by atoms with Gasteiger partial charge in [0.25, 0.3) is 0 Å². The predicted octanol–water partition coefficient (Wildman–Crippen LogP) is 1.27. The van der Waals surface area contributed by atoms with Gasteiger partial charge in [-0.2, -0.15) is 10.4 Å². The van der Waals surface area contributed by atoms with E-state index in [2.05, 4.69) is 16.5 Å². The molecule has 1 saturated carbocycles. The van der Waals surface area contributed by atoms with Crippen LogP contribution in [0.25, 0.3) is 0 Å². The Labute approximate surface area is 105 Å². The molecule has 1 aliphatic carbocycles. The smallest absolute Gasteiger partial charge is 0.306 e. The number of carboxylic acid groups (broad SMARTS) is 1. The first kappa shape index (κ1) is 12.4. The molecule has 0 spiro atoms. The molecule has 1 fully saturated rings. The quantitative estimate of drug-likeness (QED) is 0.840. The third-order valence-corrected chi connectivity index (χ3v) is 3.46. The summed E-state index contributed by atoms with van der Waals surface area (Å²) in [5.41, 5.74) is 1.23. The Morgan fingerprint density at radius 3 is 2.89 bits per heavy atom. The molecule has 6 nitrogen and oxygen atoms in total. The Kier molecular flexibility index (Phi) is 3.24. The van der Waals surface area contributed by atoms with Gasteiger partial charge in [0.2, 0.25) is 0 Å². The molecule has 0 aliphatic heterocycles. The van der Waals surface area contributed by atoms with Gasteiger partial charge >= 0.3 is 5.97 Å². The SMILES string of the molecule is Cc1nn(C)c(NC2CCC(C(=O)O)C2)c1C#N. The summed E-state index contributed by atoms with van der Waals surface area (Å²) >= 11 is 0. The third-order valence-electron chi connectivity index (χ3n) is 3.46. The molecule has 2 atom stereocenters. The van der Waals surface area contributed by atoms with Crippen molar-refractivity contribution in [3.8, 4) is 6.07 Å². The second-order valence-electron chi connectivity index (χ2n) is 4.73. The minimum absolute atomic E-state index is 0.105. The highest BCUT2D eigenvalue weighted by Crippen LogP contribution is 2.29. The Morgan fingerprint density at radius 2 is 2.33 bits per heavy atom. The first-order valence-electron chi connectivity index (χ1n) is 5.96. The van der Waals surface area contributed by atoms with Crippen molar-refractivity contribution in [3.05, 3.63) is 11.3 Å². The number of aromatic nitrogens is 2. The van der Waals surface area contributed by atoms with Gasteiger partial charge in [0.15, 0.2) is 0 Å². The highest BCUT2D eigenvalue weighted by atomic mass is 16.4. The summed E-state index contributed by atoms with van der Waals surface area (Å²) in [7, 11) is 1.78. The van der Waals surface area contributed by atoms with Crippen molar-refractivity contribution in [2.24, 2.45) is 13.0 Å². The maximum Gasteiger partial charge on any atom is 0.306 e. The average Bonchev–Trinajstić information content (AvgIpc) is 2.86. The Morgan fingerprint density at radius 1 is 1.61 bits per heavy atom. The molecule has 0 amide bonds. The van der Waals surface area contributed by atoms with Gasteiger partial charge < -0.3 is 10.4 Å². The molecule has 0 saturated heterocycles. The van der Waals surface area contributed by atoms with Crippen molar-refractivity contribution in [2.75, 3.05) is 5.32 Å². The highest BCUT2D eigenvalue weighted by molar-refractivity contribution is 5.70. The Hall–Kier alpha value is -2.03. The molecule has 2 rings (SSSR count). The second-order valence-corrected chi connectivity index (χ2v) is 4.73. The van der Waals surface area contributed by atoms with Crippen LogP contribution < -0.4 is 5.32 Å². The van der Waals surface area contributed by atoms with Gasteiger partial charge in [0.05, 0.1) is 11.6 Å². The van der Waals surface area contributed by atoms with E-state index < -0.39 is 5.97 Å². The van der Waals surface area contributed by atoms with Crippen molar-refractivity contribution in [2.45, 2.75) is 32.2 Å². The van der Waals surface area contributed by atoms with Crippen molar-refractivity contribution in [1.82, 2.24) is 9.78 Å². The molecule has 1 aliphatic rings. The minimum atomic E-state index is -0.735. The molecule has 1 heterocycles. The molecule has 1 aromatic rings. The zero-order valence-electron chi connectivity index (χ0n) is 10.5. The summed E-state index contributed by atoms with van der Waals surface area (Å²) in [6.45, 7) is 1.79. The number of rotatable bonds is 3. The third kappa shape index (κ3) is 2.16. The fourth-order valence-corrected chi connectivity index (χ4v) is 2.49. The summed E-state index contributed by atoms with van der Waals surface area (Å²) in [4.78, 5) is 10.9. The van der Waals surface area contributed by atoms with E-state index in [1.165, 1.54) is 0 Å². The van der Waals surface area contributed by atoms with Gasteiger partial charge in [0, 0.05) is 13.1 Å². The van der Waals surface area contributed by atoms with E-state index in [1.807, 2.05) is 0 Å². The standard InChI is InChI=1S/C12H16N4O2/c1-7-10(6-13)11(16(2)15-7)14-9-4-3-8(5-9)12(17)18/h8-9,14H,3-5H2,1-2H3,(H,17,18). The van der Waals surface area contributed by atoms with E-state index in [4.69, 9.17) is 10.4 Å². The maximum absolute atomic E-state index is 10.9. The van der Waals surface area contributed by atoms with E-state index in [0.717, 1.165) is 6.42 Å². The van der Waals surface area contributed by atoms with Gasteiger partial charge in [-0.25, -0.2) is 0 Å². The van der Waals surface area contributed by atoms with E-state index in [9.17, 15) is 4.79 Å². The zero-order valence-corrected chi connectivity index (χ0v) is 10.5. The molecular weight excluding hydrogens is 232 g/mol. The van der Waals surface area contributed by atoms with Crippen LogP contribution in [0.15, 0.2) is 0 Å². The largest absolute Gasteiger partial charge is 0.481 e. The number of nitrogens with zero attached hydrogens (tertiary/aromatic N) is 3. The summed E-state index contributed by atoms with van der Waals surface area (Å²) in [6.07, 6.45) is 2.10. The van der Waals surface area contributed by atoms with Crippen molar-refractivity contribution in [1.29, 1.82) is 5.26 Å². The maximum atomic E-state index is 10.9. The van der Waals surface area contributed by atoms with Crippen LogP contribution in [-0.2, 0) is 11.8 Å². The average molecular weight is 248 g/mol. The van der Waals surface area contributed by atoms with Crippen LogP contribution >= 0.6 is 0 Å². The summed E-state index contributed by atoms with van der Waals surface area (Å²) < 4.78 is 1.64. The lowest BCUT2D eigenvalue weighted by atomic mass is 10.1. The fourth-order valence-electron chi connectivity index (χ4n) is 2.49. The highest BCUT2D eigenvalue weighted by Gasteiger charge is 2.30. The summed E-state index contributed by atoms with van der Waals surface area (Å²) in [5, 5.41) is 25.5. The molecule has 2 unspecified atom stereocenters. The number of nitriles is 1. The Balaban J connectivity index is 2.12. The molecule has 0 bridgehead atoms. The van der Waals surface area contributed by atoms with Crippen LogP contribution in [0.4, 0.5) is 5.82 Å². The number of aryl methyl sites for hydroxylation is 2. The van der Waals surface area contributed by atoms with Crippen LogP contribution in [0.3, 0.4) is 0 Å². The van der Waals surface area contributed by atoms with Gasteiger partial charge in [-0.1, -0.05) is 0 Å². The van der Waals surface area contributed by atoms with Crippen LogP contribution in [-0.4, -0.2) is 26.9 Å². The van der Waals surface area contributed by atoms with Crippen LogP contribution in [0, 0.1) is 24.2 Å². The van der Waals surface area contributed by atoms with Crippen molar-refractivity contribution >= 4 is 11.8 Å². The van der Waals surface area contributed by atoms with E-state index >= 15 is 0 Å². The molecule has 0 radical (unpaired) electrons. The number of carboxylic acids is 1. The van der Waals surface area contributed by atoms with Gasteiger partial charge in [-0.3, -0.25) is 9.48 Å². The first-order valence-corrected chi connectivity index (χ1v) is 5.96. The lowest BCUT2D eigenvalue weighted by Gasteiger charge is -2.14.